The fraction of sp³-hybridized carbons (Fsp3) is 0.538. The Labute approximate surface area is 91.6 Å². The zero-order chi connectivity index (χ0) is 11.1. The summed E-state index contributed by atoms with van der Waals surface area (Å²) in [6, 6.07) is 6.89. The Morgan fingerprint density at radius 3 is 2.80 bits per heavy atom. The van der Waals surface area contributed by atoms with Gasteiger partial charge in [-0.25, -0.2) is 0 Å². The number of hydrogen-bond donors (Lipinski definition) is 1. The van der Waals surface area contributed by atoms with Crippen LogP contribution < -0.4 is 10.1 Å². The largest absolute Gasteiger partial charge is 0.487 e. The molecule has 15 heavy (non-hydrogen) atoms. The summed E-state index contributed by atoms with van der Waals surface area (Å²) in [6.45, 7) is 6.44. The molecule has 0 spiro atoms. The summed E-state index contributed by atoms with van der Waals surface area (Å²) >= 11 is 0. The molecule has 0 bridgehead atoms. The number of fused-ring (bicyclic) bond motifs is 1. The fourth-order valence-corrected chi connectivity index (χ4v) is 2.07. The van der Waals surface area contributed by atoms with Gasteiger partial charge in [0, 0.05) is 12.5 Å². The highest BCUT2D eigenvalue weighted by Crippen LogP contribution is 2.35. The van der Waals surface area contributed by atoms with Gasteiger partial charge in [0.05, 0.1) is 0 Å². The van der Waals surface area contributed by atoms with E-state index in [0.717, 1.165) is 12.2 Å². The molecule has 0 fully saturated rings. The molecule has 2 rings (SSSR count). The molecule has 0 radical (unpaired) electrons. The Morgan fingerprint density at radius 2 is 2.13 bits per heavy atom. The van der Waals surface area contributed by atoms with Crippen LogP contribution in [0.3, 0.4) is 0 Å². The van der Waals surface area contributed by atoms with E-state index in [2.05, 4.69) is 44.3 Å². The number of benzene rings is 1. The molecule has 1 aromatic rings. The van der Waals surface area contributed by atoms with Crippen LogP contribution in [0.1, 0.15) is 37.9 Å². The van der Waals surface area contributed by atoms with E-state index in [-0.39, 0.29) is 5.60 Å². The molecule has 1 aromatic carbocycles. The van der Waals surface area contributed by atoms with Gasteiger partial charge in [0.15, 0.2) is 0 Å². The number of ether oxygens (including phenoxy) is 1. The predicted molar refractivity (Wildman–Crippen MR) is 62.3 cm³/mol. The van der Waals surface area contributed by atoms with Crippen molar-refractivity contribution in [3.05, 3.63) is 29.3 Å². The molecule has 1 N–H and O–H groups in total. The quantitative estimate of drug-likeness (QED) is 0.801. The third-order valence-electron chi connectivity index (χ3n) is 3.02. The summed E-state index contributed by atoms with van der Waals surface area (Å²) in [7, 11) is 1.98. The number of hydrogen-bond acceptors (Lipinski definition) is 2. The molecule has 1 aliphatic heterocycles. The van der Waals surface area contributed by atoms with Crippen LogP contribution in [0.2, 0.25) is 0 Å². The first kappa shape index (κ1) is 10.5. The summed E-state index contributed by atoms with van der Waals surface area (Å²) in [4.78, 5) is 0. The van der Waals surface area contributed by atoms with Gasteiger partial charge in [0.2, 0.25) is 0 Å². The van der Waals surface area contributed by atoms with Gasteiger partial charge in [-0.05, 0) is 45.0 Å². The smallest absolute Gasteiger partial charge is 0.123 e. The molecule has 2 nitrogen and oxygen atoms in total. The van der Waals surface area contributed by atoms with E-state index in [1.165, 1.54) is 11.1 Å². The summed E-state index contributed by atoms with van der Waals surface area (Å²) in [5.74, 6) is 1.05. The van der Waals surface area contributed by atoms with Crippen molar-refractivity contribution >= 4 is 0 Å². The van der Waals surface area contributed by atoms with Crippen molar-refractivity contribution in [3.8, 4) is 5.75 Å². The van der Waals surface area contributed by atoms with Crippen molar-refractivity contribution in [1.82, 2.24) is 5.32 Å². The first-order chi connectivity index (χ1) is 7.02. The van der Waals surface area contributed by atoms with Gasteiger partial charge < -0.3 is 10.1 Å². The van der Waals surface area contributed by atoms with Gasteiger partial charge in [0.25, 0.3) is 0 Å². The van der Waals surface area contributed by atoms with Crippen molar-refractivity contribution in [2.24, 2.45) is 0 Å². The van der Waals surface area contributed by atoms with Gasteiger partial charge in [0.1, 0.15) is 11.4 Å². The maximum Gasteiger partial charge on any atom is 0.123 e. The minimum absolute atomic E-state index is 0.0379. The molecule has 0 aromatic heterocycles. The highest BCUT2D eigenvalue weighted by molar-refractivity contribution is 5.42. The Kier molecular flexibility index (Phi) is 2.47. The van der Waals surface area contributed by atoms with E-state index < -0.39 is 0 Å². The molecule has 1 aliphatic rings. The van der Waals surface area contributed by atoms with Crippen molar-refractivity contribution < 1.29 is 4.74 Å². The van der Waals surface area contributed by atoms with E-state index in [4.69, 9.17) is 4.74 Å². The second kappa shape index (κ2) is 3.53. The van der Waals surface area contributed by atoms with Crippen molar-refractivity contribution in [3.63, 3.8) is 0 Å². The zero-order valence-corrected chi connectivity index (χ0v) is 9.92. The van der Waals surface area contributed by atoms with Gasteiger partial charge in [-0.3, -0.25) is 0 Å². The summed E-state index contributed by atoms with van der Waals surface area (Å²) in [5.41, 5.74) is 2.63. The van der Waals surface area contributed by atoms with E-state index in [1.54, 1.807) is 0 Å². The average molecular weight is 205 g/mol. The van der Waals surface area contributed by atoms with E-state index in [0.29, 0.717) is 6.04 Å². The minimum atomic E-state index is -0.0379. The van der Waals surface area contributed by atoms with Gasteiger partial charge in [-0.1, -0.05) is 12.1 Å². The normalized spacial score (nSPS) is 19.5. The molecule has 1 heterocycles. The summed E-state index contributed by atoms with van der Waals surface area (Å²) < 4.78 is 5.84. The van der Waals surface area contributed by atoms with Crippen LogP contribution in [-0.2, 0) is 6.42 Å². The molecule has 0 aliphatic carbocycles. The van der Waals surface area contributed by atoms with Crippen LogP contribution in [0, 0.1) is 0 Å². The highest BCUT2D eigenvalue weighted by atomic mass is 16.5. The maximum absolute atomic E-state index is 5.84. The molecule has 0 saturated heterocycles. The maximum atomic E-state index is 5.84. The van der Waals surface area contributed by atoms with Crippen LogP contribution in [0.5, 0.6) is 5.75 Å². The van der Waals surface area contributed by atoms with Gasteiger partial charge in [-0.15, -0.1) is 0 Å². The summed E-state index contributed by atoms with van der Waals surface area (Å²) in [5, 5.41) is 3.25. The Morgan fingerprint density at radius 1 is 1.40 bits per heavy atom. The monoisotopic (exact) mass is 205 g/mol. The molecule has 82 valence electrons. The zero-order valence-electron chi connectivity index (χ0n) is 9.92. The molecule has 1 atom stereocenters. The van der Waals surface area contributed by atoms with E-state index in [1.807, 2.05) is 7.05 Å². The predicted octanol–water partition coefficient (Wildman–Crippen LogP) is 2.68. The summed E-state index contributed by atoms with van der Waals surface area (Å²) in [6.07, 6.45) is 1.01. The number of rotatable bonds is 2. The fourth-order valence-electron chi connectivity index (χ4n) is 2.07. The van der Waals surface area contributed by atoms with Gasteiger partial charge >= 0.3 is 0 Å². The van der Waals surface area contributed by atoms with Crippen LogP contribution in [0.25, 0.3) is 0 Å². The topological polar surface area (TPSA) is 21.3 Å². The molecule has 1 unspecified atom stereocenters. The SMILES string of the molecule is CNC(C)c1ccc2c(c1)CC(C)(C)O2. The first-order valence-corrected chi connectivity index (χ1v) is 5.51. The third kappa shape index (κ3) is 2.00. The molecular weight excluding hydrogens is 186 g/mol. The van der Waals surface area contributed by atoms with Crippen molar-refractivity contribution in [2.45, 2.75) is 38.8 Å². The van der Waals surface area contributed by atoms with E-state index >= 15 is 0 Å². The van der Waals surface area contributed by atoms with Crippen LogP contribution in [0.4, 0.5) is 0 Å². The van der Waals surface area contributed by atoms with E-state index in [9.17, 15) is 0 Å². The Hall–Kier alpha value is -1.02. The van der Waals surface area contributed by atoms with Crippen LogP contribution in [-0.4, -0.2) is 12.6 Å². The second-order valence-corrected chi connectivity index (χ2v) is 4.92. The highest BCUT2D eigenvalue weighted by Gasteiger charge is 2.30. The van der Waals surface area contributed by atoms with Gasteiger partial charge in [-0.2, -0.15) is 0 Å². The minimum Gasteiger partial charge on any atom is -0.487 e. The lowest BCUT2D eigenvalue weighted by atomic mass is 9.98. The Balaban J connectivity index is 2.30. The third-order valence-corrected chi connectivity index (χ3v) is 3.02. The lowest BCUT2D eigenvalue weighted by Gasteiger charge is -2.16. The lowest BCUT2D eigenvalue weighted by molar-refractivity contribution is 0.138. The molecule has 0 saturated carbocycles. The molecular formula is C13H19NO. The Bertz CT molecular complexity index is 371. The first-order valence-electron chi connectivity index (χ1n) is 5.51. The molecule has 0 amide bonds. The average Bonchev–Trinajstić information content (AvgIpc) is 2.49. The van der Waals surface area contributed by atoms with Crippen molar-refractivity contribution in [2.75, 3.05) is 7.05 Å². The van der Waals surface area contributed by atoms with Crippen molar-refractivity contribution in [1.29, 1.82) is 0 Å². The lowest BCUT2D eigenvalue weighted by Crippen LogP contribution is -2.24. The van der Waals surface area contributed by atoms with Crippen LogP contribution in [0.15, 0.2) is 18.2 Å². The van der Waals surface area contributed by atoms with Crippen LogP contribution >= 0.6 is 0 Å². The standard InChI is InChI=1S/C13H19NO/c1-9(14-4)10-5-6-12-11(7-10)8-13(2,3)15-12/h5-7,9,14H,8H2,1-4H3. The molecule has 2 heteroatoms. The second-order valence-electron chi connectivity index (χ2n) is 4.92. The number of nitrogens with one attached hydrogen (secondary N) is 1.